The molecular formula is C14H21NO2. The summed E-state index contributed by atoms with van der Waals surface area (Å²) in [5.41, 5.74) is 2.21. The SMILES string of the molecule is CCCC(Cc1cccc(N(C)C)c1)C(=O)O. The Balaban J connectivity index is 2.78. The summed E-state index contributed by atoms with van der Waals surface area (Å²) >= 11 is 0. The van der Waals surface area contributed by atoms with Crippen LogP contribution in [0.25, 0.3) is 0 Å². The zero-order valence-electron chi connectivity index (χ0n) is 10.8. The Bertz CT molecular complexity index is 374. The standard InChI is InChI=1S/C14H21NO2/c1-4-6-12(14(16)17)9-11-7-5-8-13(10-11)15(2)3/h5,7-8,10,12H,4,6,9H2,1-3H3,(H,16,17). The quantitative estimate of drug-likeness (QED) is 0.824. The Labute approximate surface area is 103 Å². The van der Waals surface area contributed by atoms with E-state index in [0.717, 1.165) is 24.1 Å². The van der Waals surface area contributed by atoms with Crippen molar-refractivity contribution in [3.8, 4) is 0 Å². The van der Waals surface area contributed by atoms with Crippen molar-refractivity contribution in [3.63, 3.8) is 0 Å². The summed E-state index contributed by atoms with van der Waals surface area (Å²) < 4.78 is 0. The molecule has 0 spiro atoms. The summed E-state index contributed by atoms with van der Waals surface area (Å²) in [6, 6.07) is 8.07. The van der Waals surface area contributed by atoms with Crippen molar-refractivity contribution in [2.45, 2.75) is 26.2 Å². The maximum Gasteiger partial charge on any atom is 0.306 e. The van der Waals surface area contributed by atoms with E-state index in [9.17, 15) is 4.79 Å². The van der Waals surface area contributed by atoms with Crippen LogP contribution in [0, 0.1) is 5.92 Å². The van der Waals surface area contributed by atoms with E-state index in [1.807, 2.05) is 44.1 Å². The van der Waals surface area contributed by atoms with Crippen molar-refractivity contribution in [2.75, 3.05) is 19.0 Å². The largest absolute Gasteiger partial charge is 0.481 e. The molecule has 1 N–H and O–H groups in total. The number of anilines is 1. The van der Waals surface area contributed by atoms with Gasteiger partial charge in [0, 0.05) is 19.8 Å². The molecule has 94 valence electrons. The second-order valence-electron chi connectivity index (χ2n) is 4.59. The minimum atomic E-state index is -0.692. The van der Waals surface area contributed by atoms with Gasteiger partial charge in [0.1, 0.15) is 0 Å². The van der Waals surface area contributed by atoms with E-state index in [2.05, 4.69) is 6.07 Å². The molecule has 0 aliphatic carbocycles. The molecule has 0 aliphatic heterocycles. The smallest absolute Gasteiger partial charge is 0.306 e. The Morgan fingerprint density at radius 2 is 2.12 bits per heavy atom. The van der Waals surface area contributed by atoms with Gasteiger partial charge >= 0.3 is 5.97 Å². The summed E-state index contributed by atoms with van der Waals surface area (Å²) in [6.45, 7) is 2.02. The first-order chi connectivity index (χ1) is 8.04. The molecule has 1 atom stereocenters. The van der Waals surface area contributed by atoms with Gasteiger partial charge in [-0.1, -0.05) is 25.5 Å². The zero-order valence-corrected chi connectivity index (χ0v) is 10.8. The molecule has 0 bridgehead atoms. The highest BCUT2D eigenvalue weighted by atomic mass is 16.4. The van der Waals surface area contributed by atoms with E-state index in [-0.39, 0.29) is 5.92 Å². The molecule has 0 amide bonds. The first-order valence-corrected chi connectivity index (χ1v) is 6.03. The molecule has 0 saturated heterocycles. The molecule has 1 aromatic carbocycles. The van der Waals surface area contributed by atoms with Crippen molar-refractivity contribution in [3.05, 3.63) is 29.8 Å². The Morgan fingerprint density at radius 1 is 1.41 bits per heavy atom. The van der Waals surface area contributed by atoms with Crippen LogP contribution in [0.4, 0.5) is 5.69 Å². The number of carboxylic acid groups (broad SMARTS) is 1. The summed E-state index contributed by atoms with van der Waals surface area (Å²) in [4.78, 5) is 13.1. The molecule has 0 radical (unpaired) electrons. The van der Waals surface area contributed by atoms with Crippen LogP contribution >= 0.6 is 0 Å². The van der Waals surface area contributed by atoms with Gasteiger partial charge in [-0.3, -0.25) is 4.79 Å². The average Bonchev–Trinajstić information content (AvgIpc) is 2.28. The van der Waals surface area contributed by atoms with Gasteiger partial charge in [0.15, 0.2) is 0 Å². The molecule has 3 heteroatoms. The number of aliphatic carboxylic acids is 1. The lowest BCUT2D eigenvalue weighted by atomic mass is 9.95. The number of nitrogens with zero attached hydrogens (tertiary/aromatic N) is 1. The average molecular weight is 235 g/mol. The molecule has 0 aliphatic rings. The molecular weight excluding hydrogens is 214 g/mol. The molecule has 0 heterocycles. The van der Waals surface area contributed by atoms with Crippen molar-refractivity contribution >= 4 is 11.7 Å². The normalized spacial score (nSPS) is 12.2. The molecule has 0 fully saturated rings. The van der Waals surface area contributed by atoms with Crippen LogP contribution in [-0.2, 0) is 11.2 Å². The maximum atomic E-state index is 11.1. The van der Waals surface area contributed by atoms with Crippen LogP contribution in [0.1, 0.15) is 25.3 Å². The summed E-state index contributed by atoms with van der Waals surface area (Å²) in [6.07, 6.45) is 2.26. The highest BCUT2D eigenvalue weighted by Gasteiger charge is 2.16. The van der Waals surface area contributed by atoms with Gasteiger partial charge < -0.3 is 10.0 Å². The van der Waals surface area contributed by atoms with Crippen LogP contribution in [0.15, 0.2) is 24.3 Å². The molecule has 3 nitrogen and oxygen atoms in total. The Morgan fingerprint density at radius 3 is 2.65 bits per heavy atom. The third-order valence-corrected chi connectivity index (χ3v) is 2.90. The molecule has 1 rings (SSSR count). The minimum Gasteiger partial charge on any atom is -0.481 e. The van der Waals surface area contributed by atoms with Crippen molar-refractivity contribution in [1.82, 2.24) is 0 Å². The molecule has 1 aromatic rings. The van der Waals surface area contributed by atoms with Crippen molar-refractivity contribution in [2.24, 2.45) is 5.92 Å². The number of hydrogen-bond donors (Lipinski definition) is 1. The van der Waals surface area contributed by atoms with Crippen molar-refractivity contribution < 1.29 is 9.90 Å². The summed E-state index contributed by atoms with van der Waals surface area (Å²) in [5, 5.41) is 9.13. The molecule has 1 unspecified atom stereocenters. The highest BCUT2D eigenvalue weighted by molar-refractivity contribution is 5.70. The predicted molar refractivity (Wildman–Crippen MR) is 70.5 cm³/mol. The fraction of sp³-hybridized carbons (Fsp3) is 0.500. The van der Waals surface area contributed by atoms with Crippen LogP contribution in [0.5, 0.6) is 0 Å². The first kappa shape index (κ1) is 13.6. The van der Waals surface area contributed by atoms with Crippen LogP contribution in [0.2, 0.25) is 0 Å². The van der Waals surface area contributed by atoms with Crippen LogP contribution < -0.4 is 4.90 Å². The minimum absolute atomic E-state index is 0.266. The second kappa shape index (κ2) is 6.28. The lowest BCUT2D eigenvalue weighted by molar-refractivity contribution is -0.141. The monoisotopic (exact) mass is 235 g/mol. The third kappa shape index (κ3) is 4.10. The molecule has 0 saturated carbocycles. The van der Waals surface area contributed by atoms with E-state index < -0.39 is 5.97 Å². The van der Waals surface area contributed by atoms with Gasteiger partial charge in [0.05, 0.1) is 5.92 Å². The fourth-order valence-electron chi connectivity index (χ4n) is 1.91. The number of carbonyl (C=O) groups is 1. The van der Waals surface area contributed by atoms with Crippen molar-refractivity contribution in [1.29, 1.82) is 0 Å². The van der Waals surface area contributed by atoms with E-state index in [1.165, 1.54) is 0 Å². The van der Waals surface area contributed by atoms with Gasteiger partial charge in [-0.2, -0.15) is 0 Å². The number of benzene rings is 1. The van der Waals surface area contributed by atoms with Gasteiger partial charge in [0.2, 0.25) is 0 Å². The van der Waals surface area contributed by atoms with Gasteiger partial charge in [-0.05, 0) is 30.5 Å². The Kier molecular flexibility index (Phi) is 5.01. The second-order valence-corrected chi connectivity index (χ2v) is 4.59. The highest BCUT2D eigenvalue weighted by Crippen LogP contribution is 2.19. The van der Waals surface area contributed by atoms with Crippen LogP contribution in [0.3, 0.4) is 0 Å². The molecule has 0 aromatic heterocycles. The van der Waals surface area contributed by atoms with E-state index >= 15 is 0 Å². The lowest BCUT2D eigenvalue weighted by Gasteiger charge is -2.15. The van der Waals surface area contributed by atoms with Crippen LogP contribution in [-0.4, -0.2) is 25.2 Å². The van der Waals surface area contributed by atoms with E-state index in [0.29, 0.717) is 6.42 Å². The Hall–Kier alpha value is -1.51. The van der Waals surface area contributed by atoms with E-state index in [4.69, 9.17) is 5.11 Å². The topological polar surface area (TPSA) is 40.5 Å². The third-order valence-electron chi connectivity index (χ3n) is 2.90. The first-order valence-electron chi connectivity index (χ1n) is 6.03. The predicted octanol–water partition coefficient (Wildman–Crippen LogP) is 2.80. The lowest BCUT2D eigenvalue weighted by Crippen LogP contribution is -2.16. The van der Waals surface area contributed by atoms with E-state index in [1.54, 1.807) is 0 Å². The summed E-state index contributed by atoms with van der Waals surface area (Å²) in [5.74, 6) is -0.959. The van der Waals surface area contributed by atoms with Gasteiger partial charge in [0.25, 0.3) is 0 Å². The number of carboxylic acids is 1. The van der Waals surface area contributed by atoms with Gasteiger partial charge in [-0.15, -0.1) is 0 Å². The number of hydrogen-bond acceptors (Lipinski definition) is 2. The number of rotatable bonds is 6. The zero-order chi connectivity index (χ0) is 12.8. The van der Waals surface area contributed by atoms with Gasteiger partial charge in [-0.25, -0.2) is 0 Å². The fourth-order valence-corrected chi connectivity index (χ4v) is 1.91. The molecule has 17 heavy (non-hydrogen) atoms. The summed E-state index contributed by atoms with van der Waals surface area (Å²) in [7, 11) is 3.97. The maximum absolute atomic E-state index is 11.1.